The van der Waals surface area contributed by atoms with E-state index in [-0.39, 0.29) is 17.6 Å². The van der Waals surface area contributed by atoms with E-state index in [0.717, 1.165) is 5.56 Å². The highest BCUT2D eigenvalue weighted by atomic mass is 32.2. The molecular formula is C19H28N2O6S. The summed E-state index contributed by atoms with van der Waals surface area (Å²) in [5.41, 5.74) is 0.460. The number of carbonyl (C=O) groups is 2. The Balaban J connectivity index is 1.94. The van der Waals surface area contributed by atoms with Crippen LogP contribution in [0.4, 0.5) is 4.79 Å². The van der Waals surface area contributed by atoms with E-state index in [1.807, 2.05) is 20.8 Å². The largest absolute Gasteiger partial charge is 0.598 e. The molecule has 1 aromatic carbocycles. The Kier molecular flexibility index (Phi) is 7.70. The van der Waals surface area contributed by atoms with Crippen molar-refractivity contribution in [1.82, 2.24) is 9.62 Å². The van der Waals surface area contributed by atoms with Gasteiger partial charge in [0.2, 0.25) is 0 Å². The monoisotopic (exact) mass is 412 g/mol. The SMILES string of the molecule is C[S+]([O-])N[C@H]1C[C@@H](COCc2ccc(C(=O)O)cc2)N(C(=O)OC(C)(C)C)C1. The maximum Gasteiger partial charge on any atom is 0.410 e. The van der Waals surface area contributed by atoms with Gasteiger partial charge in [-0.25, -0.2) is 9.59 Å². The van der Waals surface area contributed by atoms with Crippen LogP contribution in [0.3, 0.4) is 0 Å². The molecule has 1 aliphatic heterocycles. The van der Waals surface area contributed by atoms with Crippen molar-refractivity contribution in [2.45, 2.75) is 51.5 Å². The Labute approximate surface area is 168 Å². The number of hydrogen-bond donors (Lipinski definition) is 2. The Morgan fingerprint density at radius 2 is 1.96 bits per heavy atom. The van der Waals surface area contributed by atoms with Crippen molar-refractivity contribution in [2.75, 3.05) is 19.4 Å². The van der Waals surface area contributed by atoms with Crippen LogP contribution in [0, 0.1) is 0 Å². The molecular weight excluding hydrogens is 384 g/mol. The lowest BCUT2D eigenvalue weighted by Gasteiger charge is -2.28. The molecule has 3 atom stereocenters. The summed E-state index contributed by atoms with van der Waals surface area (Å²) < 4.78 is 25.7. The summed E-state index contributed by atoms with van der Waals surface area (Å²) in [4.78, 5) is 25.0. The minimum absolute atomic E-state index is 0.0956. The van der Waals surface area contributed by atoms with E-state index in [1.165, 1.54) is 12.1 Å². The third-order valence-electron chi connectivity index (χ3n) is 4.15. The highest BCUT2D eigenvalue weighted by Crippen LogP contribution is 2.22. The van der Waals surface area contributed by atoms with Crippen molar-refractivity contribution in [3.63, 3.8) is 0 Å². The molecule has 1 unspecified atom stereocenters. The van der Waals surface area contributed by atoms with Crippen LogP contribution in [0.5, 0.6) is 0 Å². The number of rotatable bonds is 7. The molecule has 8 nitrogen and oxygen atoms in total. The summed E-state index contributed by atoms with van der Waals surface area (Å²) in [6, 6.07) is 6.17. The highest BCUT2D eigenvalue weighted by Gasteiger charge is 2.39. The Hall–Kier alpha value is -1.81. The second kappa shape index (κ2) is 9.60. The van der Waals surface area contributed by atoms with E-state index in [2.05, 4.69) is 4.72 Å². The maximum absolute atomic E-state index is 12.5. The van der Waals surface area contributed by atoms with Crippen molar-refractivity contribution >= 4 is 23.4 Å². The number of hydrogen-bond acceptors (Lipinski definition) is 6. The zero-order valence-corrected chi connectivity index (χ0v) is 17.5. The summed E-state index contributed by atoms with van der Waals surface area (Å²) in [6.07, 6.45) is 1.75. The second-order valence-corrected chi connectivity index (χ2v) is 8.95. The number of carboxylic acid groups (broad SMARTS) is 1. The first kappa shape index (κ1) is 22.5. The second-order valence-electron chi connectivity index (χ2n) is 7.81. The summed E-state index contributed by atoms with van der Waals surface area (Å²) in [5.74, 6) is -0.974. The van der Waals surface area contributed by atoms with Gasteiger partial charge in [-0.1, -0.05) is 12.1 Å². The number of nitrogens with zero attached hydrogens (tertiary/aromatic N) is 1. The third-order valence-corrected chi connectivity index (χ3v) is 4.82. The van der Waals surface area contributed by atoms with Gasteiger partial charge in [0.15, 0.2) is 0 Å². The molecule has 1 aliphatic rings. The lowest BCUT2D eigenvalue weighted by molar-refractivity contribution is 0.00873. The summed E-state index contributed by atoms with van der Waals surface area (Å²) >= 11 is -1.18. The summed E-state index contributed by atoms with van der Waals surface area (Å²) in [6.45, 7) is 6.43. The molecule has 1 amide bonds. The number of benzene rings is 1. The normalized spacial score (nSPS) is 20.8. The van der Waals surface area contributed by atoms with Crippen LogP contribution in [-0.4, -0.2) is 63.7 Å². The average molecular weight is 413 g/mol. The molecule has 0 saturated carbocycles. The molecule has 0 aliphatic carbocycles. The van der Waals surface area contributed by atoms with Crippen molar-refractivity contribution < 1.29 is 28.7 Å². The predicted octanol–water partition coefficient (Wildman–Crippen LogP) is 2.16. The molecule has 1 saturated heterocycles. The van der Waals surface area contributed by atoms with Crippen LogP contribution in [0.15, 0.2) is 24.3 Å². The van der Waals surface area contributed by atoms with Crippen LogP contribution in [0.25, 0.3) is 0 Å². The molecule has 0 radical (unpaired) electrons. The zero-order valence-electron chi connectivity index (χ0n) is 16.6. The molecule has 0 aromatic heterocycles. The molecule has 2 rings (SSSR count). The minimum atomic E-state index is -1.18. The van der Waals surface area contributed by atoms with Gasteiger partial charge in [-0.05, 0) is 44.9 Å². The topological polar surface area (TPSA) is 111 Å². The van der Waals surface area contributed by atoms with Crippen LogP contribution in [0.2, 0.25) is 0 Å². The molecule has 28 heavy (non-hydrogen) atoms. The molecule has 1 aromatic rings. The number of carboxylic acids is 1. The van der Waals surface area contributed by atoms with Crippen molar-refractivity contribution in [1.29, 1.82) is 0 Å². The number of aromatic carboxylic acids is 1. The van der Waals surface area contributed by atoms with Crippen LogP contribution in [0.1, 0.15) is 43.1 Å². The Morgan fingerprint density at radius 3 is 2.50 bits per heavy atom. The standard InChI is InChI=1S/C19H28N2O6S/c1-19(2,3)27-18(24)21-10-15(20-28(4)25)9-16(21)12-26-11-13-5-7-14(8-6-13)17(22)23/h5-8,15-16,20H,9-12H2,1-4H3,(H,22,23)/t15-,16-,28?/m0/s1. The first-order valence-corrected chi connectivity index (χ1v) is 10.6. The molecule has 0 bridgehead atoms. The number of likely N-dealkylation sites (tertiary alicyclic amines) is 1. The van der Waals surface area contributed by atoms with Crippen LogP contribution in [-0.2, 0) is 27.4 Å². The van der Waals surface area contributed by atoms with Gasteiger partial charge < -0.3 is 24.0 Å². The number of amides is 1. The quantitative estimate of drug-likeness (QED) is 0.660. The molecule has 1 heterocycles. The fraction of sp³-hybridized carbons (Fsp3) is 0.579. The van der Waals surface area contributed by atoms with Crippen molar-refractivity contribution in [2.24, 2.45) is 0 Å². The molecule has 156 valence electrons. The van der Waals surface area contributed by atoms with Crippen LogP contribution >= 0.6 is 0 Å². The van der Waals surface area contributed by atoms with Gasteiger partial charge in [0.05, 0.1) is 30.9 Å². The highest BCUT2D eigenvalue weighted by molar-refractivity contribution is 7.88. The van der Waals surface area contributed by atoms with Gasteiger partial charge in [-0.15, -0.1) is 4.72 Å². The Bertz CT molecular complexity index is 674. The van der Waals surface area contributed by atoms with E-state index < -0.39 is 29.0 Å². The van der Waals surface area contributed by atoms with E-state index >= 15 is 0 Å². The van der Waals surface area contributed by atoms with Gasteiger partial charge in [0, 0.05) is 17.9 Å². The minimum Gasteiger partial charge on any atom is -0.598 e. The van der Waals surface area contributed by atoms with Crippen LogP contribution < -0.4 is 4.72 Å². The maximum atomic E-state index is 12.5. The molecule has 0 spiro atoms. The summed E-state index contributed by atoms with van der Waals surface area (Å²) in [7, 11) is 0. The fourth-order valence-electron chi connectivity index (χ4n) is 3.00. The van der Waals surface area contributed by atoms with Gasteiger partial charge in [0.25, 0.3) is 0 Å². The number of nitrogens with one attached hydrogen (secondary N) is 1. The smallest absolute Gasteiger partial charge is 0.410 e. The third kappa shape index (κ3) is 6.97. The van der Waals surface area contributed by atoms with Gasteiger partial charge >= 0.3 is 12.1 Å². The number of carbonyl (C=O) groups excluding carboxylic acids is 1. The van der Waals surface area contributed by atoms with Gasteiger partial charge in [0.1, 0.15) is 11.9 Å². The first-order valence-electron chi connectivity index (χ1n) is 9.04. The van der Waals surface area contributed by atoms with E-state index in [1.54, 1.807) is 23.3 Å². The molecule has 9 heteroatoms. The van der Waals surface area contributed by atoms with Crippen molar-refractivity contribution in [3.8, 4) is 0 Å². The van der Waals surface area contributed by atoms with E-state index in [9.17, 15) is 14.1 Å². The fourth-order valence-corrected chi connectivity index (χ4v) is 3.64. The zero-order chi connectivity index (χ0) is 20.9. The lowest BCUT2D eigenvalue weighted by Crippen LogP contribution is -2.43. The molecule has 2 N–H and O–H groups in total. The van der Waals surface area contributed by atoms with E-state index in [4.69, 9.17) is 14.6 Å². The first-order chi connectivity index (χ1) is 13.0. The Morgan fingerprint density at radius 1 is 1.32 bits per heavy atom. The van der Waals surface area contributed by atoms with Gasteiger partial charge in [-0.2, -0.15) is 0 Å². The lowest BCUT2D eigenvalue weighted by atomic mass is 10.1. The number of ether oxygens (including phenoxy) is 2. The average Bonchev–Trinajstić information content (AvgIpc) is 2.96. The van der Waals surface area contributed by atoms with E-state index in [0.29, 0.717) is 26.2 Å². The predicted molar refractivity (Wildman–Crippen MR) is 105 cm³/mol. The summed E-state index contributed by atoms with van der Waals surface area (Å²) in [5, 5.41) is 8.94. The molecule has 1 fully saturated rings. The van der Waals surface area contributed by atoms with Crippen molar-refractivity contribution in [3.05, 3.63) is 35.4 Å². The van der Waals surface area contributed by atoms with Gasteiger partial charge in [-0.3, -0.25) is 0 Å².